The number of hydrogen-bond donors (Lipinski definition) is 1. The highest BCUT2D eigenvalue weighted by atomic mass is 32.1. The van der Waals surface area contributed by atoms with E-state index in [-0.39, 0.29) is 0 Å². The van der Waals surface area contributed by atoms with E-state index in [2.05, 4.69) is 11.4 Å². The Bertz CT molecular complexity index is 362. The van der Waals surface area contributed by atoms with Crippen LogP contribution in [0.4, 0.5) is 0 Å². The second-order valence-electron chi connectivity index (χ2n) is 5.43. The lowest BCUT2D eigenvalue weighted by Gasteiger charge is -2.31. The zero-order chi connectivity index (χ0) is 12.8. The van der Waals surface area contributed by atoms with Gasteiger partial charge in [0.25, 0.3) is 0 Å². The van der Waals surface area contributed by atoms with Crippen LogP contribution in [0, 0.1) is 5.41 Å². The summed E-state index contributed by atoms with van der Waals surface area (Å²) in [6.07, 6.45) is 9.31. The minimum Gasteiger partial charge on any atom is -0.481 e. The molecule has 1 aromatic rings. The first-order valence-electron chi connectivity index (χ1n) is 6.99. The molecule has 1 aliphatic rings. The van der Waals surface area contributed by atoms with E-state index in [1.165, 1.54) is 24.1 Å². The van der Waals surface area contributed by atoms with Gasteiger partial charge in [-0.3, -0.25) is 4.79 Å². The molecule has 1 N–H and O–H groups in total. The van der Waals surface area contributed by atoms with E-state index in [4.69, 9.17) is 0 Å². The number of aryl methyl sites for hydroxylation is 1. The van der Waals surface area contributed by atoms with Gasteiger partial charge >= 0.3 is 5.97 Å². The van der Waals surface area contributed by atoms with Crippen LogP contribution >= 0.6 is 11.3 Å². The molecule has 1 aliphatic carbocycles. The second-order valence-corrected chi connectivity index (χ2v) is 6.46. The molecule has 0 spiro atoms. The Morgan fingerprint density at radius 3 is 2.44 bits per heavy atom. The van der Waals surface area contributed by atoms with Crippen LogP contribution in [0.1, 0.15) is 56.2 Å². The maximum atomic E-state index is 11.7. The molecule has 2 rings (SSSR count). The van der Waals surface area contributed by atoms with Gasteiger partial charge in [0.1, 0.15) is 0 Å². The van der Waals surface area contributed by atoms with E-state index in [0.717, 1.165) is 38.5 Å². The molecule has 1 saturated carbocycles. The monoisotopic (exact) mass is 266 g/mol. The molecule has 0 saturated heterocycles. The first-order chi connectivity index (χ1) is 8.73. The summed E-state index contributed by atoms with van der Waals surface area (Å²) in [6, 6.07) is 4.16. The van der Waals surface area contributed by atoms with Crippen LogP contribution in [-0.2, 0) is 11.2 Å². The van der Waals surface area contributed by atoms with Gasteiger partial charge in [-0.15, -0.1) is 11.3 Å². The molecule has 0 bridgehead atoms. The molecule has 1 heterocycles. The molecule has 0 unspecified atom stereocenters. The number of thiophene rings is 1. The van der Waals surface area contributed by atoms with Crippen LogP contribution in [0.25, 0.3) is 0 Å². The number of carboxylic acid groups (broad SMARTS) is 1. The van der Waals surface area contributed by atoms with Crippen molar-refractivity contribution in [2.45, 2.75) is 57.8 Å². The van der Waals surface area contributed by atoms with Gasteiger partial charge in [0.05, 0.1) is 5.41 Å². The highest BCUT2D eigenvalue weighted by molar-refractivity contribution is 7.09. The molecule has 0 aromatic carbocycles. The van der Waals surface area contributed by atoms with Gasteiger partial charge in [0, 0.05) is 4.88 Å². The molecule has 3 heteroatoms. The number of aliphatic carboxylic acids is 1. The Kier molecular flexibility index (Phi) is 4.81. The zero-order valence-corrected chi connectivity index (χ0v) is 11.7. The lowest BCUT2D eigenvalue weighted by atomic mass is 9.73. The summed E-state index contributed by atoms with van der Waals surface area (Å²) in [5, 5.41) is 11.7. The summed E-state index contributed by atoms with van der Waals surface area (Å²) in [6.45, 7) is 0. The van der Waals surface area contributed by atoms with Gasteiger partial charge in [-0.25, -0.2) is 0 Å². The van der Waals surface area contributed by atoms with Crippen molar-refractivity contribution in [1.82, 2.24) is 0 Å². The summed E-state index contributed by atoms with van der Waals surface area (Å²) in [7, 11) is 0. The fourth-order valence-corrected chi connectivity index (χ4v) is 3.68. The van der Waals surface area contributed by atoms with Crippen LogP contribution in [0.2, 0.25) is 0 Å². The van der Waals surface area contributed by atoms with E-state index in [1.807, 2.05) is 6.07 Å². The quantitative estimate of drug-likeness (QED) is 0.871. The van der Waals surface area contributed by atoms with E-state index in [1.54, 1.807) is 11.3 Å². The van der Waals surface area contributed by atoms with Gasteiger partial charge in [0.15, 0.2) is 0 Å². The summed E-state index contributed by atoms with van der Waals surface area (Å²) in [5.41, 5.74) is -0.454. The number of hydrogen-bond acceptors (Lipinski definition) is 2. The predicted octanol–water partition coefficient (Wildman–Crippen LogP) is 4.50. The van der Waals surface area contributed by atoms with E-state index >= 15 is 0 Å². The third-order valence-electron chi connectivity index (χ3n) is 4.19. The molecule has 2 nitrogen and oxygen atoms in total. The Balaban J connectivity index is 2.02. The maximum Gasteiger partial charge on any atom is 0.309 e. The standard InChI is InChI=1S/C15H22O2S/c16-14(17)15(9-4-2-1-3-5-10-15)11-8-13-7-6-12-18-13/h6-7,12H,1-5,8-11H2,(H,16,17). The maximum absolute atomic E-state index is 11.7. The fourth-order valence-electron chi connectivity index (χ4n) is 2.97. The van der Waals surface area contributed by atoms with Crippen LogP contribution in [0.5, 0.6) is 0 Å². The Morgan fingerprint density at radius 1 is 1.22 bits per heavy atom. The Morgan fingerprint density at radius 2 is 1.89 bits per heavy atom. The van der Waals surface area contributed by atoms with Crippen LogP contribution < -0.4 is 0 Å². The van der Waals surface area contributed by atoms with Crippen molar-refractivity contribution in [2.75, 3.05) is 0 Å². The van der Waals surface area contributed by atoms with Crippen LogP contribution in [0.15, 0.2) is 17.5 Å². The number of rotatable bonds is 4. The minimum absolute atomic E-state index is 0.454. The number of carbonyl (C=O) groups is 1. The van der Waals surface area contributed by atoms with Crippen molar-refractivity contribution < 1.29 is 9.90 Å². The molecule has 100 valence electrons. The highest BCUT2D eigenvalue weighted by Gasteiger charge is 2.37. The van der Waals surface area contributed by atoms with E-state index < -0.39 is 11.4 Å². The lowest BCUT2D eigenvalue weighted by Crippen LogP contribution is -2.32. The van der Waals surface area contributed by atoms with Gasteiger partial charge in [-0.2, -0.15) is 0 Å². The topological polar surface area (TPSA) is 37.3 Å². The molecular weight excluding hydrogens is 244 g/mol. The third-order valence-corrected chi connectivity index (χ3v) is 5.13. The summed E-state index contributed by atoms with van der Waals surface area (Å²) in [4.78, 5) is 13.0. The highest BCUT2D eigenvalue weighted by Crippen LogP contribution is 2.39. The largest absolute Gasteiger partial charge is 0.481 e. The molecule has 0 aliphatic heterocycles. The molecular formula is C15H22O2S. The average Bonchev–Trinajstić information content (AvgIpc) is 2.80. The Labute approximate surface area is 113 Å². The van der Waals surface area contributed by atoms with E-state index in [9.17, 15) is 9.90 Å². The number of carboxylic acids is 1. The SMILES string of the molecule is O=C(O)C1(CCc2cccs2)CCCCCCC1. The molecule has 18 heavy (non-hydrogen) atoms. The predicted molar refractivity (Wildman–Crippen MR) is 75.0 cm³/mol. The van der Waals surface area contributed by atoms with Crippen LogP contribution in [0.3, 0.4) is 0 Å². The van der Waals surface area contributed by atoms with Crippen molar-refractivity contribution in [3.63, 3.8) is 0 Å². The lowest BCUT2D eigenvalue weighted by molar-refractivity contribution is -0.150. The minimum atomic E-state index is -0.569. The van der Waals surface area contributed by atoms with Crippen molar-refractivity contribution in [3.05, 3.63) is 22.4 Å². The van der Waals surface area contributed by atoms with Crippen molar-refractivity contribution in [2.24, 2.45) is 5.41 Å². The van der Waals surface area contributed by atoms with Gasteiger partial charge < -0.3 is 5.11 Å². The van der Waals surface area contributed by atoms with E-state index in [0.29, 0.717) is 0 Å². The summed E-state index contributed by atoms with van der Waals surface area (Å²) in [5.74, 6) is -0.569. The molecule has 0 atom stereocenters. The molecule has 0 radical (unpaired) electrons. The smallest absolute Gasteiger partial charge is 0.309 e. The third kappa shape index (κ3) is 3.35. The normalized spacial score (nSPS) is 20.0. The first-order valence-corrected chi connectivity index (χ1v) is 7.87. The second kappa shape index (κ2) is 6.37. The van der Waals surface area contributed by atoms with Crippen molar-refractivity contribution in [3.8, 4) is 0 Å². The van der Waals surface area contributed by atoms with Gasteiger partial charge in [-0.05, 0) is 37.1 Å². The average molecular weight is 266 g/mol. The van der Waals surface area contributed by atoms with Crippen molar-refractivity contribution in [1.29, 1.82) is 0 Å². The molecule has 1 fully saturated rings. The zero-order valence-electron chi connectivity index (χ0n) is 10.9. The molecule has 1 aromatic heterocycles. The fraction of sp³-hybridized carbons (Fsp3) is 0.667. The summed E-state index contributed by atoms with van der Waals surface area (Å²) >= 11 is 1.74. The van der Waals surface area contributed by atoms with Crippen LogP contribution in [-0.4, -0.2) is 11.1 Å². The van der Waals surface area contributed by atoms with Gasteiger partial charge in [-0.1, -0.05) is 38.2 Å². The van der Waals surface area contributed by atoms with Gasteiger partial charge in [0.2, 0.25) is 0 Å². The first kappa shape index (κ1) is 13.6. The summed E-state index contributed by atoms with van der Waals surface area (Å²) < 4.78 is 0. The Hall–Kier alpha value is -0.830. The van der Waals surface area contributed by atoms with Crippen molar-refractivity contribution >= 4 is 17.3 Å². The molecule has 0 amide bonds.